The number of likely N-dealkylation sites (tertiary alicyclic amines) is 1. The van der Waals surface area contributed by atoms with Crippen LogP contribution in [0.3, 0.4) is 0 Å². The van der Waals surface area contributed by atoms with Gasteiger partial charge in [0.2, 0.25) is 0 Å². The van der Waals surface area contributed by atoms with Crippen molar-refractivity contribution >= 4 is 0 Å². The smallest absolute Gasteiger partial charge is 0.108 e. The van der Waals surface area contributed by atoms with Crippen molar-refractivity contribution in [1.82, 2.24) is 10.2 Å². The van der Waals surface area contributed by atoms with Gasteiger partial charge in [0.25, 0.3) is 0 Å². The molecule has 1 saturated heterocycles. The lowest BCUT2D eigenvalue weighted by Gasteiger charge is -2.37. The molecule has 0 aromatic rings. The van der Waals surface area contributed by atoms with Gasteiger partial charge in [0.05, 0.1) is 6.07 Å². The summed E-state index contributed by atoms with van der Waals surface area (Å²) >= 11 is 0. The fourth-order valence-corrected chi connectivity index (χ4v) is 2.63. The fraction of sp³-hybridized carbons (Fsp3) is 0.923. The largest absolute Gasteiger partial charge is 0.298 e. The lowest BCUT2D eigenvalue weighted by atomic mass is 9.93. The highest BCUT2D eigenvalue weighted by atomic mass is 15.2. The number of nitrogens with one attached hydrogen (secondary N) is 1. The van der Waals surface area contributed by atoms with Crippen LogP contribution in [-0.4, -0.2) is 36.1 Å². The summed E-state index contributed by atoms with van der Waals surface area (Å²) in [7, 11) is 0. The van der Waals surface area contributed by atoms with Crippen LogP contribution in [0.4, 0.5) is 0 Å². The van der Waals surface area contributed by atoms with Crippen LogP contribution in [0.5, 0.6) is 0 Å². The third-order valence-corrected chi connectivity index (χ3v) is 3.86. The highest BCUT2D eigenvalue weighted by molar-refractivity contribution is 4.98. The summed E-state index contributed by atoms with van der Waals surface area (Å²) in [4.78, 5) is 2.48. The van der Waals surface area contributed by atoms with Gasteiger partial charge in [-0.15, -0.1) is 0 Å². The molecule has 1 aliphatic heterocycles. The van der Waals surface area contributed by atoms with Gasteiger partial charge in [-0.2, -0.15) is 5.26 Å². The van der Waals surface area contributed by atoms with E-state index in [9.17, 15) is 0 Å². The van der Waals surface area contributed by atoms with E-state index in [4.69, 9.17) is 5.26 Å². The maximum atomic E-state index is 9.13. The van der Waals surface area contributed by atoms with Crippen LogP contribution in [0.1, 0.15) is 39.5 Å². The van der Waals surface area contributed by atoms with Gasteiger partial charge in [-0.3, -0.25) is 10.2 Å². The van der Waals surface area contributed by atoms with Gasteiger partial charge in [-0.05, 0) is 45.1 Å². The molecule has 90 valence electrons. The Morgan fingerprint density at radius 1 is 1.38 bits per heavy atom. The van der Waals surface area contributed by atoms with Crippen molar-refractivity contribution in [1.29, 1.82) is 5.26 Å². The predicted molar refractivity (Wildman–Crippen MR) is 65.0 cm³/mol. The molecule has 0 spiro atoms. The number of hydrogen-bond donors (Lipinski definition) is 1. The van der Waals surface area contributed by atoms with E-state index in [1.54, 1.807) is 0 Å². The van der Waals surface area contributed by atoms with Crippen LogP contribution in [0.25, 0.3) is 0 Å². The van der Waals surface area contributed by atoms with Crippen molar-refractivity contribution in [2.24, 2.45) is 5.92 Å². The van der Waals surface area contributed by atoms with Crippen molar-refractivity contribution in [3.63, 3.8) is 0 Å². The molecule has 16 heavy (non-hydrogen) atoms. The molecule has 3 nitrogen and oxygen atoms in total. The first kappa shape index (κ1) is 11.9. The molecule has 3 heteroatoms. The Bertz CT molecular complexity index is 267. The first-order valence-corrected chi connectivity index (χ1v) is 6.58. The topological polar surface area (TPSA) is 39.1 Å². The Hall–Kier alpha value is -0.590. The molecule has 1 N–H and O–H groups in total. The van der Waals surface area contributed by atoms with Gasteiger partial charge < -0.3 is 0 Å². The van der Waals surface area contributed by atoms with E-state index in [0.29, 0.717) is 12.1 Å². The molecule has 2 rings (SSSR count). The van der Waals surface area contributed by atoms with Crippen molar-refractivity contribution in [2.45, 2.75) is 57.7 Å². The molecule has 3 atom stereocenters. The molecule has 0 aromatic carbocycles. The van der Waals surface area contributed by atoms with Crippen molar-refractivity contribution in [3.8, 4) is 6.07 Å². The summed E-state index contributed by atoms with van der Waals surface area (Å²) in [5, 5.41) is 12.5. The zero-order chi connectivity index (χ0) is 11.5. The first-order valence-electron chi connectivity index (χ1n) is 6.58. The second-order valence-electron chi connectivity index (χ2n) is 5.60. The third-order valence-electron chi connectivity index (χ3n) is 3.86. The Morgan fingerprint density at radius 3 is 2.69 bits per heavy atom. The molecule has 1 saturated carbocycles. The normalized spacial score (nSPS) is 33.3. The van der Waals surface area contributed by atoms with Gasteiger partial charge in [0.15, 0.2) is 0 Å². The Kier molecular flexibility index (Phi) is 3.83. The number of piperidine rings is 1. The average Bonchev–Trinajstić information content (AvgIpc) is 3.04. The van der Waals surface area contributed by atoms with Crippen molar-refractivity contribution in [3.05, 3.63) is 0 Å². The summed E-state index contributed by atoms with van der Waals surface area (Å²) in [6.45, 7) is 6.69. The van der Waals surface area contributed by atoms with E-state index in [1.807, 2.05) is 0 Å². The highest BCUT2D eigenvalue weighted by Gasteiger charge is 2.28. The molecule has 3 unspecified atom stereocenters. The van der Waals surface area contributed by atoms with Crippen LogP contribution < -0.4 is 5.32 Å². The van der Waals surface area contributed by atoms with Crippen LogP contribution in [0, 0.1) is 17.2 Å². The van der Waals surface area contributed by atoms with Crippen LogP contribution in [0.2, 0.25) is 0 Å². The van der Waals surface area contributed by atoms with Crippen LogP contribution >= 0.6 is 0 Å². The zero-order valence-corrected chi connectivity index (χ0v) is 10.4. The van der Waals surface area contributed by atoms with Gasteiger partial charge in [-0.1, -0.05) is 6.92 Å². The molecule has 1 heterocycles. The summed E-state index contributed by atoms with van der Waals surface area (Å²) in [5.74, 6) is 0.850. The van der Waals surface area contributed by atoms with E-state index in [1.165, 1.54) is 25.7 Å². The molecule has 0 aromatic heterocycles. The van der Waals surface area contributed by atoms with Gasteiger partial charge in [-0.25, -0.2) is 0 Å². The minimum atomic E-state index is 0.0309. The summed E-state index contributed by atoms with van der Waals surface area (Å²) in [6.07, 6.45) is 5.07. The van der Waals surface area contributed by atoms with Gasteiger partial charge in [0, 0.05) is 18.6 Å². The fourth-order valence-electron chi connectivity index (χ4n) is 2.63. The lowest BCUT2D eigenvalue weighted by molar-refractivity contribution is 0.123. The van der Waals surface area contributed by atoms with E-state index < -0.39 is 0 Å². The second-order valence-corrected chi connectivity index (χ2v) is 5.60. The molecular weight excluding hydrogens is 198 g/mol. The minimum Gasteiger partial charge on any atom is -0.298 e. The molecule has 0 radical (unpaired) electrons. The summed E-state index contributed by atoms with van der Waals surface area (Å²) < 4.78 is 0. The van der Waals surface area contributed by atoms with Gasteiger partial charge in [0.1, 0.15) is 6.04 Å². The van der Waals surface area contributed by atoms with E-state index >= 15 is 0 Å². The SMILES string of the molecule is CC1CCN(CC(C#N)NC2CC2)C(C)C1. The van der Waals surface area contributed by atoms with Crippen molar-refractivity contribution < 1.29 is 0 Å². The third kappa shape index (κ3) is 3.20. The Balaban J connectivity index is 1.80. The molecule has 1 aliphatic carbocycles. The number of nitrogens with zero attached hydrogens (tertiary/aromatic N) is 2. The molecule has 0 bridgehead atoms. The zero-order valence-electron chi connectivity index (χ0n) is 10.4. The first-order chi connectivity index (χ1) is 7.69. The van der Waals surface area contributed by atoms with Crippen LogP contribution in [-0.2, 0) is 0 Å². The number of nitriles is 1. The molecular formula is C13H23N3. The van der Waals surface area contributed by atoms with E-state index in [2.05, 4.69) is 30.1 Å². The Morgan fingerprint density at radius 2 is 2.12 bits per heavy atom. The summed E-state index contributed by atoms with van der Waals surface area (Å²) in [6, 6.07) is 3.70. The molecule has 2 aliphatic rings. The monoisotopic (exact) mass is 221 g/mol. The molecule has 2 fully saturated rings. The maximum Gasteiger partial charge on any atom is 0.108 e. The lowest BCUT2D eigenvalue weighted by Crippen LogP contribution is -2.47. The standard InChI is InChI=1S/C13H23N3/c1-10-5-6-16(11(2)7-10)9-13(8-14)15-12-3-4-12/h10-13,15H,3-7,9H2,1-2H3. The number of rotatable bonds is 4. The van der Waals surface area contributed by atoms with E-state index in [0.717, 1.165) is 19.0 Å². The van der Waals surface area contributed by atoms with Crippen LogP contribution in [0.15, 0.2) is 0 Å². The number of hydrogen-bond acceptors (Lipinski definition) is 3. The summed E-state index contributed by atoms with van der Waals surface area (Å²) in [5.41, 5.74) is 0. The Labute approximate surface area is 98.8 Å². The average molecular weight is 221 g/mol. The second kappa shape index (κ2) is 5.16. The molecule has 0 amide bonds. The van der Waals surface area contributed by atoms with Gasteiger partial charge >= 0.3 is 0 Å². The quantitative estimate of drug-likeness (QED) is 0.786. The highest BCUT2D eigenvalue weighted by Crippen LogP contribution is 2.23. The predicted octanol–water partition coefficient (Wildman–Crippen LogP) is 1.75. The van der Waals surface area contributed by atoms with E-state index in [-0.39, 0.29) is 6.04 Å². The minimum absolute atomic E-state index is 0.0309. The maximum absolute atomic E-state index is 9.13. The van der Waals surface area contributed by atoms with Crippen molar-refractivity contribution in [2.75, 3.05) is 13.1 Å².